The van der Waals surface area contributed by atoms with Gasteiger partial charge in [-0.3, -0.25) is 14.9 Å². The molecule has 1 heterocycles. The fourth-order valence-corrected chi connectivity index (χ4v) is 2.76. The number of benzene rings is 2. The van der Waals surface area contributed by atoms with Crippen molar-refractivity contribution in [1.29, 1.82) is 0 Å². The molecule has 0 saturated heterocycles. The van der Waals surface area contributed by atoms with Crippen molar-refractivity contribution >= 4 is 22.1 Å². The first-order valence-corrected chi connectivity index (χ1v) is 8.26. The summed E-state index contributed by atoms with van der Waals surface area (Å²) in [5, 5.41) is 22.3. The lowest BCUT2D eigenvalue weighted by Gasteiger charge is -2.11. The summed E-state index contributed by atoms with van der Waals surface area (Å²) in [4.78, 5) is 24.3. The third kappa shape index (κ3) is 3.55. The quantitative estimate of drug-likeness (QED) is 0.453. The number of aromatic amines is 1. The number of hydrogen-bond donors (Lipinski definition) is 3. The number of quaternary nitrogens is 1. The number of rotatable bonds is 6. The molecule has 0 bridgehead atoms. The molecule has 3 rings (SSSR count). The van der Waals surface area contributed by atoms with Gasteiger partial charge in [-0.2, -0.15) is 5.10 Å². The Balaban J connectivity index is 2.05. The largest absolute Gasteiger partial charge is 0.374 e. The minimum atomic E-state index is -0.414. The summed E-state index contributed by atoms with van der Waals surface area (Å²) < 4.78 is 0. The topological polar surface area (TPSA) is 105 Å². The van der Waals surface area contributed by atoms with Crippen LogP contribution in [0.4, 0.5) is 11.4 Å². The van der Waals surface area contributed by atoms with Crippen LogP contribution in [-0.4, -0.2) is 42.3 Å². The maximum atomic E-state index is 11.9. The number of anilines is 1. The van der Waals surface area contributed by atoms with Crippen molar-refractivity contribution in [2.45, 2.75) is 0 Å². The molecule has 0 radical (unpaired) electrons. The number of nitrogens with one attached hydrogen (secondary N) is 3. The van der Waals surface area contributed by atoms with Gasteiger partial charge in [-0.25, -0.2) is 5.10 Å². The Hall–Kier alpha value is -3.26. The number of nitro groups is 1. The highest BCUT2D eigenvalue weighted by Crippen LogP contribution is 2.32. The highest BCUT2D eigenvalue weighted by Gasteiger charge is 2.17. The number of H-pyrrole nitrogens is 1. The molecule has 0 aliphatic heterocycles. The van der Waals surface area contributed by atoms with E-state index in [2.05, 4.69) is 15.5 Å². The molecule has 2 aromatic carbocycles. The van der Waals surface area contributed by atoms with Crippen molar-refractivity contribution in [3.8, 4) is 11.3 Å². The molecule has 0 fully saturated rings. The fourth-order valence-electron chi connectivity index (χ4n) is 2.76. The zero-order valence-electron chi connectivity index (χ0n) is 14.6. The molecule has 8 heteroatoms. The van der Waals surface area contributed by atoms with Gasteiger partial charge < -0.3 is 10.2 Å². The Labute approximate surface area is 149 Å². The maximum Gasteiger partial charge on any atom is 0.292 e. The second-order valence-corrected chi connectivity index (χ2v) is 6.32. The fraction of sp³-hybridized carbons (Fsp3) is 0.222. The van der Waals surface area contributed by atoms with Gasteiger partial charge in [0.05, 0.1) is 43.2 Å². The van der Waals surface area contributed by atoms with Crippen LogP contribution in [0.2, 0.25) is 0 Å². The first-order chi connectivity index (χ1) is 12.5. The van der Waals surface area contributed by atoms with Gasteiger partial charge in [-0.15, -0.1) is 0 Å². The lowest BCUT2D eigenvalue weighted by atomic mass is 10.0. The zero-order valence-corrected chi connectivity index (χ0v) is 14.6. The van der Waals surface area contributed by atoms with E-state index in [1.165, 1.54) is 11.0 Å². The zero-order chi connectivity index (χ0) is 18.7. The van der Waals surface area contributed by atoms with E-state index in [0.29, 0.717) is 34.3 Å². The smallest absolute Gasteiger partial charge is 0.292 e. The van der Waals surface area contributed by atoms with Gasteiger partial charge in [0.25, 0.3) is 11.2 Å². The Morgan fingerprint density at radius 2 is 1.92 bits per heavy atom. The summed E-state index contributed by atoms with van der Waals surface area (Å²) in [5.74, 6) is 0. The Morgan fingerprint density at radius 1 is 1.19 bits per heavy atom. The summed E-state index contributed by atoms with van der Waals surface area (Å²) in [6, 6.07) is 12.0. The average Bonchev–Trinajstić information content (AvgIpc) is 2.62. The van der Waals surface area contributed by atoms with Crippen LogP contribution in [0.3, 0.4) is 0 Å². The van der Waals surface area contributed by atoms with E-state index in [1.54, 1.807) is 36.4 Å². The first-order valence-electron chi connectivity index (χ1n) is 8.26. The first kappa shape index (κ1) is 17.6. The standard InChI is InChI=1S/C18H19N5O3/c1-22(2)10-9-19-15-8-7-12(11-16(15)23(25)26)17-13-5-3-4-6-14(13)18(24)21-20-17/h3-8,11,19H,9-10H2,1-2H3,(H,21,24)/p+1. The highest BCUT2D eigenvalue weighted by atomic mass is 16.6. The molecule has 0 unspecified atom stereocenters. The van der Waals surface area contributed by atoms with Crippen molar-refractivity contribution in [2.75, 3.05) is 32.5 Å². The van der Waals surface area contributed by atoms with Gasteiger partial charge >= 0.3 is 0 Å². The summed E-state index contributed by atoms with van der Waals surface area (Å²) in [7, 11) is 4.04. The van der Waals surface area contributed by atoms with Gasteiger partial charge in [0.2, 0.25) is 0 Å². The molecular formula is C18H20N5O3+. The van der Waals surface area contributed by atoms with Crippen molar-refractivity contribution in [3.63, 3.8) is 0 Å². The van der Waals surface area contributed by atoms with E-state index in [4.69, 9.17) is 0 Å². The molecule has 0 spiro atoms. The number of nitrogens with zero attached hydrogens (tertiary/aromatic N) is 2. The van der Waals surface area contributed by atoms with E-state index in [-0.39, 0.29) is 11.2 Å². The minimum Gasteiger partial charge on any atom is -0.374 e. The molecule has 0 amide bonds. The number of hydrogen-bond acceptors (Lipinski definition) is 5. The minimum absolute atomic E-state index is 0.0201. The predicted octanol–water partition coefficient (Wildman–Crippen LogP) is 1.05. The van der Waals surface area contributed by atoms with Crippen LogP contribution in [0, 0.1) is 10.1 Å². The summed E-state index contributed by atoms with van der Waals surface area (Å²) in [6.07, 6.45) is 0. The Kier molecular flexibility index (Phi) is 4.94. The lowest BCUT2D eigenvalue weighted by Crippen LogP contribution is -3.06. The van der Waals surface area contributed by atoms with Crippen molar-refractivity contribution < 1.29 is 9.82 Å². The molecule has 0 atom stereocenters. The molecule has 26 heavy (non-hydrogen) atoms. The molecule has 1 aromatic heterocycles. The molecule has 8 nitrogen and oxygen atoms in total. The molecular weight excluding hydrogens is 334 g/mol. The van der Waals surface area contributed by atoms with Gasteiger partial charge in [-0.05, 0) is 12.1 Å². The van der Waals surface area contributed by atoms with Crippen LogP contribution in [-0.2, 0) is 0 Å². The molecule has 3 N–H and O–H groups in total. The van der Waals surface area contributed by atoms with Gasteiger partial charge in [0.15, 0.2) is 0 Å². The van der Waals surface area contributed by atoms with Crippen LogP contribution >= 0.6 is 0 Å². The number of likely N-dealkylation sites (N-methyl/N-ethyl adjacent to an activating group) is 1. The number of fused-ring (bicyclic) bond motifs is 1. The highest BCUT2D eigenvalue weighted by molar-refractivity contribution is 5.94. The predicted molar refractivity (Wildman–Crippen MR) is 101 cm³/mol. The summed E-state index contributed by atoms with van der Waals surface area (Å²) in [6.45, 7) is 1.47. The van der Waals surface area contributed by atoms with Crippen molar-refractivity contribution in [1.82, 2.24) is 10.2 Å². The van der Waals surface area contributed by atoms with Crippen LogP contribution in [0.25, 0.3) is 22.0 Å². The van der Waals surface area contributed by atoms with E-state index >= 15 is 0 Å². The van der Waals surface area contributed by atoms with E-state index in [0.717, 1.165) is 6.54 Å². The van der Waals surface area contributed by atoms with E-state index in [1.807, 2.05) is 14.1 Å². The van der Waals surface area contributed by atoms with Gasteiger partial charge in [0, 0.05) is 17.0 Å². The van der Waals surface area contributed by atoms with Crippen LogP contribution in [0.5, 0.6) is 0 Å². The van der Waals surface area contributed by atoms with Crippen LogP contribution in [0.1, 0.15) is 0 Å². The van der Waals surface area contributed by atoms with E-state index < -0.39 is 4.92 Å². The second-order valence-electron chi connectivity index (χ2n) is 6.32. The Morgan fingerprint density at radius 3 is 2.62 bits per heavy atom. The maximum absolute atomic E-state index is 11.9. The second kappa shape index (κ2) is 7.32. The normalized spacial score (nSPS) is 11.0. The molecule has 0 aliphatic carbocycles. The van der Waals surface area contributed by atoms with Crippen LogP contribution in [0.15, 0.2) is 47.3 Å². The molecule has 3 aromatic rings. The van der Waals surface area contributed by atoms with Crippen molar-refractivity contribution in [2.24, 2.45) is 0 Å². The van der Waals surface area contributed by atoms with Gasteiger partial charge in [-0.1, -0.05) is 24.3 Å². The summed E-state index contributed by atoms with van der Waals surface area (Å²) >= 11 is 0. The van der Waals surface area contributed by atoms with Crippen LogP contribution < -0.4 is 15.8 Å². The van der Waals surface area contributed by atoms with E-state index in [9.17, 15) is 14.9 Å². The van der Waals surface area contributed by atoms with Gasteiger partial charge in [0.1, 0.15) is 5.69 Å². The average molecular weight is 354 g/mol. The number of aromatic nitrogens is 2. The molecule has 0 aliphatic rings. The molecule has 134 valence electrons. The number of nitro benzene ring substituents is 1. The summed E-state index contributed by atoms with van der Waals surface area (Å²) in [5.41, 5.74) is 1.24. The Bertz CT molecular complexity index is 1010. The third-order valence-corrected chi connectivity index (χ3v) is 4.10. The monoisotopic (exact) mass is 354 g/mol. The third-order valence-electron chi connectivity index (χ3n) is 4.10. The van der Waals surface area contributed by atoms with Crippen molar-refractivity contribution in [3.05, 3.63) is 62.9 Å². The molecule has 0 saturated carbocycles. The SMILES string of the molecule is C[NH+](C)CCNc1ccc(-c2n[nH]c(=O)c3ccccc23)cc1[N+](=O)[O-]. The lowest BCUT2D eigenvalue weighted by molar-refractivity contribution is -0.856.